The third kappa shape index (κ3) is 6.71. The van der Waals surface area contributed by atoms with Gasteiger partial charge in [0.15, 0.2) is 6.10 Å². The number of aryl methyl sites for hydroxylation is 1. The van der Waals surface area contributed by atoms with Crippen molar-refractivity contribution in [3.8, 4) is 0 Å². The molecule has 46 heavy (non-hydrogen) atoms. The average Bonchev–Trinajstić information content (AvgIpc) is 3.84. The quantitative estimate of drug-likeness (QED) is 0.339. The third-order valence-electron chi connectivity index (χ3n) is 9.47. The first kappa shape index (κ1) is 32.2. The maximum Gasteiger partial charge on any atom is 0.416 e. The largest absolute Gasteiger partial charge is 0.416 e. The molecule has 2 aromatic carbocycles. The second-order valence-electron chi connectivity index (χ2n) is 12.6. The van der Waals surface area contributed by atoms with Gasteiger partial charge in [-0.15, -0.1) is 0 Å². The number of aromatic amines is 1. The number of rotatable bonds is 6. The van der Waals surface area contributed by atoms with Crippen LogP contribution in [0.3, 0.4) is 0 Å². The molecule has 1 amide bonds. The molecule has 1 aromatic heterocycles. The number of alkyl halides is 6. The second-order valence-corrected chi connectivity index (χ2v) is 12.6. The van der Waals surface area contributed by atoms with Crippen molar-refractivity contribution in [1.29, 1.82) is 0 Å². The first-order valence-corrected chi connectivity index (χ1v) is 15.4. The lowest BCUT2D eigenvalue weighted by Gasteiger charge is -2.33. The number of carbonyl (C=O) groups excluding carboxylic acids is 1. The summed E-state index contributed by atoms with van der Waals surface area (Å²) in [6.45, 7) is -0.106. The molecular formula is C33H34F6N4O3. The van der Waals surface area contributed by atoms with E-state index in [4.69, 9.17) is 4.98 Å². The van der Waals surface area contributed by atoms with E-state index in [1.165, 1.54) is 15.9 Å². The highest BCUT2D eigenvalue weighted by atomic mass is 19.4. The summed E-state index contributed by atoms with van der Waals surface area (Å²) in [7, 11) is 0. The lowest BCUT2D eigenvalue weighted by Crippen LogP contribution is -2.39. The Morgan fingerprint density at radius 3 is 2.41 bits per heavy atom. The number of benzene rings is 2. The Morgan fingerprint density at radius 1 is 1.02 bits per heavy atom. The van der Waals surface area contributed by atoms with Crippen LogP contribution in [0.5, 0.6) is 0 Å². The Balaban J connectivity index is 1.19. The number of carbonyl (C=O) groups is 1. The van der Waals surface area contributed by atoms with Crippen molar-refractivity contribution < 1.29 is 36.2 Å². The number of aliphatic hydroxyl groups is 1. The molecule has 1 saturated heterocycles. The molecule has 3 heterocycles. The van der Waals surface area contributed by atoms with Gasteiger partial charge in [-0.05, 0) is 86.4 Å². The fourth-order valence-corrected chi connectivity index (χ4v) is 6.79. The lowest BCUT2D eigenvalue weighted by atomic mass is 9.85. The highest BCUT2D eigenvalue weighted by molar-refractivity contribution is 5.82. The lowest BCUT2D eigenvalue weighted by molar-refractivity contribution is -0.148. The summed E-state index contributed by atoms with van der Waals surface area (Å²) in [4.78, 5) is 37.2. The van der Waals surface area contributed by atoms with Crippen LogP contribution in [0.4, 0.5) is 26.3 Å². The molecule has 6 rings (SSSR count). The van der Waals surface area contributed by atoms with Crippen molar-refractivity contribution in [2.45, 2.75) is 74.9 Å². The van der Waals surface area contributed by atoms with Crippen LogP contribution in [-0.4, -0.2) is 63.1 Å². The van der Waals surface area contributed by atoms with E-state index in [-0.39, 0.29) is 30.1 Å². The van der Waals surface area contributed by atoms with Crippen molar-refractivity contribution in [2.24, 2.45) is 0 Å². The van der Waals surface area contributed by atoms with Crippen LogP contribution in [0.2, 0.25) is 0 Å². The number of halogens is 6. The molecule has 1 aliphatic carbocycles. The number of hydrogen-bond donors (Lipinski definition) is 2. The van der Waals surface area contributed by atoms with Gasteiger partial charge in [-0.2, -0.15) is 26.3 Å². The van der Waals surface area contributed by atoms with E-state index in [0.29, 0.717) is 50.3 Å². The number of fused-ring (bicyclic) bond motifs is 1. The molecule has 1 saturated carbocycles. The second kappa shape index (κ2) is 12.1. The van der Waals surface area contributed by atoms with Crippen LogP contribution in [0.1, 0.15) is 83.5 Å². The van der Waals surface area contributed by atoms with Gasteiger partial charge >= 0.3 is 12.4 Å². The Morgan fingerprint density at radius 2 is 1.74 bits per heavy atom. The van der Waals surface area contributed by atoms with E-state index in [1.54, 1.807) is 0 Å². The zero-order chi connectivity index (χ0) is 32.9. The van der Waals surface area contributed by atoms with Crippen LogP contribution in [0.25, 0.3) is 0 Å². The van der Waals surface area contributed by atoms with Crippen LogP contribution in [-0.2, 0) is 29.4 Å². The minimum absolute atomic E-state index is 0.133. The highest BCUT2D eigenvalue weighted by Crippen LogP contribution is 2.52. The number of aromatic nitrogens is 2. The molecule has 0 spiro atoms. The average molecular weight is 649 g/mol. The molecule has 2 fully saturated rings. The molecule has 2 aliphatic heterocycles. The van der Waals surface area contributed by atoms with Crippen molar-refractivity contribution in [3.05, 3.63) is 98.2 Å². The monoisotopic (exact) mass is 648 g/mol. The molecule has 13 heteroatoms. The van der Waals surface area contributed by atoms with Gasteiger partial charge in [0.05, 0.1) is 35.3 Å². The minimum atomic E-state index is -4.63. The van der Waals surface area contributed by atoms with Gasteiger partial charge in [-0.25, -0.2) is 4.98 Å². The third-order valence-corrected chi connectivity index (χ3v) is 9.47. The Bertz CT molecular complexity index is 1660. The molecule has 2 N–H and O–H groups in total. The normalized spacial score (nSPS) is 19.8. The first-order chi connectivity index (χ1) is 21.7. The number of aliphatic hydroxyl groups excluding tert-OH is 1. The predicted octanol–water partition coefficient (Wildman–Crippen LogP) is 5.62. The fourth-order valence-electron chi connectivity index (χ4n) is 6.79. The fraction of sp³-hybridized carbons (Fsp3) is 0.485. The minimum Gasteiger partial charge on any atom is -0.378 e. The van der Waals surface area contributed by atoms with Crippen LogP contribution in [0.15, 0.2) is 53.3 Å². The number of nitrogens with zero attached hydrogens (tertiary/aromatic N) is 3. The van der Waals surface area contributed by atoms with Crippen molar-refractivity contribution in [2.75, 3.05) is 26.2 Å². The first-order valence-electron chi connectivity index (χ1n) is 15.4. The van der Waals surface area contributed by atoms with E-state index in [2.05, 4.69) is 11.1 Å². The molecule has 3 aromatic rings. The molecule has 0 bridgehead atoms. The summed E-state index contributed by atoms with van der Waals surface area (Å²) in [5, 5.41) is 10.7. The van der Waals surface area contributed by atoms with Crippen LogP contribution < -0.4 is 5.56 Å². The molecule has 3 aliphatic rings. The highest BCUT2D eigenvalue weighted by Gasteiger charge is 2.49. The smallest absolute Gasteiger partial charge is 0.378 e. The standard InChI is InChI=1S/C33H34F6N4O3/c34-32(35,36)19-42-14-9-20(10-15-42)21-4-1-6-23(16-21)31(11-12-31)30-40-26-8-3-13-43(18-25(26)28(45)41-30)29(46)27(44)22-5-2-7-24(17-22)33(37,38)39/h1-2,4-7,16-17,20,27,44H,3,8-15,18-19H2,(H,40,41,45)/t27-/m1/s1. The zero-order valence-electron chi connectivity index (χ0n) is 24.9. The molecule has 1 atom stereocenters. The van der Waals surface area contributed by atoms with Crippen molar-refractivity contribution in [1.82, 2.24) is 19.8 Å². The van der Waals surface area contributed by atoms with Crippen LogP contribution in [0, 0.1) is 0 Å². The van der Waals surface area contributed by atoms with E-state index in [9.17, 15) is 41.0 Å². The molecule has 246 valence electrons. The van der Waals surface area contributed by atoms with Gasteiger partial charge < -0.3 is 15.0 Å². The van der Waals surface area contributed by atoms with Crippen LogP contribution >= 0.6 is 0 Å². The molecule has 7 nitrogen and oxygen atoms in total. The molecule has 0 unspecified atom stereocenters. The number of piperidine rings is 1. The summed E-state index contributed by atoms with van der Waals surface area (Å²) < 4.78 is 78.1. The number of nitrogens with one attached hydrogen (secondary N) is 1. The Labute approximate surface area is 261 Å². The number of likely N-dealkylation sites (tertiary alicyclic amines) is 1. The predicted molar refractivity (Wildman–Crippen MR) is 156 cm³/mol. The van der Waals surface area contributed by atoms with Gasteiger partial charge in [-0.1, -0.05) is 36.4 Å². The van der Waals surface area contributed by atoms with Gasteiger partial charge in [0.25, 0.3) is 11.5 Å². The summed E-state index contributed by atoms with van der Waals surface area (Å²) >= 11 is 0. The summed E-state index contributed by atoms with van der Waals surface area (Å²) in [6.07, 6.45) is -7.06. The Kier molecular flexibility index (Phi) is 8.51. The van der Waals surface area contributed by atoms with Gasteiger partial charge in [0.2, 0.25) is 0 Å². The number of amides is 1. The zero-order valence-corrected chi connectivity index (χ0v) is 24.9. The summed E-state index contributed by atoms with van der Waals surface area (Å²) in [6, 6.07) is 12.0. The van der Waals surface area contributed by atoms with E-state index < -0.39 is 47.4 Å². The maximum absolute atomic E-state index is 13.4. The van der Waals surface area contributed by atoms with Gasteiger partial charge in [0, 0.05) is 6.54 Å². The summed E-state index contributed by atoms with van der Waals surface area (Å²) in [5.41, 5.74) is 0.800. The molecule has 0 radical (unpaired) electrons. The van der Waals surface area contributed by atoms with Crippen molar-refractivity contribution in [3.63, 3.8) is 0 Å². The summed E-state index contributed by atoms with van der Waals surface area (Å²) in [5.74, 6) is -0.137. The Hall–Kier alpha value is -3.71. The van der Waals surface area contributed by atoms with E-state index in [1.807, 2.05) is 18.2 Å². The van der Waals surface area contributed by atoms with Gasteiger partial charge in [0.1, 0.15) is 5.82 Å². The molecular weight excluding hydrogens is 614 g/mol. The van der Waals surface area contributed by atoms with Gasteiger partial charge in [-0.3, -0.25) is 14.5 Å². The van der Waals surface area contributed by atoms with Crippen molar-refractivity contribution >= 4 is 5.91 Å². The number of H-pyrrole nitrogens is 1. The number of hydrogen-bond acceptors (Lipinski definition) is 5. The van der Waals surface area contributed by atoms with E-state index in [0.717, 1.165) is 42.2 Å². The van der Waals surface area contributed by atoms with E-state index >= 15 is 0 Å². The maximum atomic E-state index is 13.4. The SMILES string of the molecule is O=C([C@H](O)c1cccc(C(F)(F)F)c1)N1CCCc2nc(C3(c4cccc(C5CCN(CC(F)(F)F)CC5)c4)CC3)[nH]c(=O)c2C1. The topological polar surface area (TPSA) is 89.5 Å².